The molecular weight excluding hydrogens is 88.1 g/mol. The predicted molar refractivity (Wildman–Crippen MR) is 28.8 cm³/mol. The number of hydrogen-bond acceptors (Lipinski definition) is 1. The van der Waals surface area contributed by atoms with Crippen LogP contribution in [0.25, 0.3) is 0 Å². The fourth-order valence-corrected chi connectivity index (χ4v) is 0.924. The van der Waals surface area contributed by atoms with Crippen molar-refractivity contribution in [3.63, 3.8) is 0 Å². The zero-order valence-corrected chi connectivity index (χ0v) is 4.61. The molecule has 4 N–H and O–H groups in total. The maximum Gasteiger partial charge on any atom is 0.0970 e. The molecule has 0 radical (unpaired) electrons. The van der Waals surface area contributed by atoms with Crippen LogP contribution in [-0.4, -0.2) is 19.1 Å². The highest BCUT2D eigenvalue weighted by atomic mass is 14.9. The number of rotatable bonds is 0. The first-order valence-electron chi connectivity index (χ1n) is 2.93. The van der Waals surface area contributed by atoms with Crippen LogP contribution in [0, 0.1) is 0 Å². The molecule has 1 aliphatic heterocycles. The van der Waals surface area contributed by atoms with Gasteiger partial charge in [-0.25, -0.2) is 0 Å². The van der Waals surface area contributed by atoms with E-state index in [1.54, 1.807) is 0 Å². The summed E-state index contributed by atoms with van der Waals surface area (Å²) in [6.07, 6.45) is 2.63. The van der Waals surface area contributed by atoms with Gasteiger partial charge in [0, 0.05) is 13.0 Å². The van der Waals surface area contributed by atoms with Crippen molar-refractivity contribution in [2.45, 2.75) is 18.9 Å². The van der Waals surface area contributed by atoms with Crippen LogP contribution in [0.4, 0.5) is 0 Å². The van der Waals surface area contributed by atoms with Crippen molar-refractivity contribution in [1.29, 1.82) is 0 Å². The Kier molecular flexibility index (Phi) is 1.65. The molecule has 0 aliphatic carbocycles. The number of nitrogens with one attached hydrogen (secondary N) is 1. The minimum absolute atomic E-state index is 0.675. The van der Waals surface area contributed by atoms with Crippen molar-refractivity contribution in [3.05, 3.63) is 0 Å². The zero-order chi connectivity index (χ0) is 5.11. The van der Waals surface area contributed by atoms with E-state index in [4.69, 9.17) is 0 Å². The van der Waals surface area contributed by atoms with Gasteiger partial charge in [-0.1, -0.05) is 0 Å². The molecule has 1 unspecified atom stereocenters. The van der Waals surface area contributed by atoms with Crippen molar-refractivity contribution in [2.24, 2.45) is 0 Å². The summed E-state index contributed by atoms with van der Waals surface area (Å²) in [6, 6.07) is 0.675. The Morgan fingerprint density at radius 1 is 1.57 bits per heavy atom. The second-order valence-electron chi connectivity index (χ2n) is 2.21. The normalized spacial score (nSPS) is 33.0. The molecule has 1 saturated heterocycles. The fraction of sp³-hybridized carbons (Fsp3) is 1.00. The predicted octanol–water partition coefficient (Wildman–Crippen LogP) is -1.02. The lowest BCUT2D eigenvalue weighted by Gasteiger charge is -2.14. The Morgan fingerprint density at radius 2 is 2.43 bits per heavy atom. The molecule has 1 heterocycles. The van der Waals surface area contributed by atoms with Crippen LogP contribution in [0.2, 0.25) is 0 Å². The van der Waals surface area contributed by atoms with E-state index in [0.717, 1.165) is 6.54 Å². The molecule has 1 atom stereocenters. The number of piperidine rings is 1. The third-order valence-corrected chi connectivity index (χ3v) is 1.40. The largest absolute Gasteiger partial charge is 0.354 e. The van der Waals surface area contributed by atoms with Gasteiger partial charge in [0.05, 0.1) is 6.04 Å². The van der Waals surface area contributed by atoms with Gasteiger partial charge in [-0.05, 0) is 13.0 Å². The van der Waals surface area contributed by atoms with E-state index < -0.39 is 0 Å². The van der Waals surface area contributed by atoms with Gasteiger partial charge in [-0.2, -0.15) is 0 Å². The van der Waals surface area contributed by atoms with Gasteiger partial charge in [-0.3, -0.25) is 0 Å². The third kappa shape index (κ3) is 1.45. The van der Waals surface area contributed by atoms with E-state index in [2.05, 4.69) is 11.1 Å². The average Bonchev–Trinajstić information content (AvgIpc) is 1.69. The second kappa shape index (κ2) is 2.28. The molecule has 0 saturated carbocycles. The van der Waals surface area contributed by atoms with Crippen LogP contribution >= 0.6 is 0 Å². The Bertz CT molecular complexity index is 48.0. The summed E-state index contributed by atoms with van der Waals surface area (Å²) in [5, 5.41) is 3.27. The summed E-state index contributed by atoms with van der Waals surface area (Å²) in [7, 11) is 0. The molecule has 0 bridgehead atoms. The molecule has 0 amide bonds. The molecule has 42 valence electrons. The maximum atomic E-state index is 3.94. The lowest BCUT2D eigenvalue weighted by atomic mass is 10.1. The topological polar surface area (TPSA) is 39.7 Å². The lowest BCUT2D eigenvalue weighted by Crippen LogP contribution is -2.66. The first-order valence-corrected chi connectivity index (χ1v) is 2.93. The van der Waals surface area contributed by atoms with E-state index in [-0.39, 0.29) is 0 Å². The van der Waals surface area contributed by atoms with Crippen LogP contribution < -0.4 is 11.1 Å². The van der Waals surface area contributed by atoms with Crippen molar-refractivity contribution >= 4 is 0 Å². The first-order chi connectivity index (χ1) is 3.39. The highest BCUT2D eigenvalue weighted by Crippen LogP contribution is 1.94. The molecule has 0 aromatic heterocycles. The molecule has 1 aliphatic rings. The van der Waals surface area contributed by atoms with Gasteiger partial charge in [0.25, 0.3) is 0 Å². The molecule has 2 heteroatoms. The summed E-state index contributed by atoms with van der Waals surface area (Å²) in [5.41, 5.74) is 3.94. The van der Waals surface area contributed by atoms with Crippen molar-refractivity contribution in [2.75, 3.05) is 13.1 Å². The van der Waals surface area contributed by atoms with Crippen LogP contribution in [0.5, 0.6) is 0 Å². The molecule has 1 fully saturated rings. The highest BCUT2D eigenvalue weighted by Gasteiger charge is 2.08. The Labute approximate surface area is 44.1 Å². The Morgan fingerprint density at radius 3 is 2.71 bits per heavy atom. The van der Waals surface area contributed by atoms with Crippen LogP contribution in [0.15, 0.2) is 0 Å². The Hall–Kier alpha value is -0.0800. The second-order valence-corrected chi connectivity index (χ2v) is 2.21. The average molecular weight is 101 g/mol. The van der Waals surface area contributed by atoms with E-state index >= 15 is 0 Å². The quantitative estimate of drug-likeness (QED) is 0.403. The van der Waals surface area contributed by atoms with Gasteiger partial charge >= 0.3 is 0 Å². The molecule has 2 nitrogen and oxygen atoms in total. The fourth-order valence-electron chi connectivity index (χ4n) is 0.924. The maximum absolute atomic E-state index is 3.94. The van der Waals surface area contributed by atoms with E-state index in [1.807, 2.05) is 0 Å². The Balaban J connectivity index is 2.12. The lowest BCUT2D eigenvalue weighted by molar-refractivity contribution is -0.421. The van der Waals surface area contributed by atoms with Crippen molar-refractivity contribution < 1.29 is 5.73 Å². The van der Waals surface area contributed by atoms with E-state index in [9.17, 15) is 0 Å². The summed E-state index contributed by atoms with van der Waals surface area (Å²) in [6.45, 7) is 2.33. The molecule has 0 spiro atoms. The highest BCUT2D eigenvalue weighted by molar-refractivity contribution is 4.64. The third-order valence-electron chi connectivity index (χ3n) is 1.40. The van der Waals surface area contributed by atoms with E-state index in [1.165, 1.54) is 19.4 Å². The van der Waals surface area contributed by atoms with Crippen LogP contribution in [0.3, 0.4) is 0 Å². The van der Waals surface area contributed by atoms with Crippen LogP contribution in [0.1, 0.15) is 12.8 Å². The standard InChI is InChI=1S/C5H12N2/c6-5-2-1-3-7-4-5/h5,7H,1-4,6H2/p+1. The summed E-state index contributed by atoms with van der Waals surface area (Å²) >= 11 is 0. The zero-order valence-electron chi connectivity index (χ0n) is 4.61. The van der Waals surface area contributed by atoms with Gasteiger partial charge in [-0.15, -0.1) is 0 Å². The van der Waals surface area contributed by atoms with Crippen LogP contribution in [-0.2, 0) is 0 Å². The van der Waals surface area contributed by atoms with Gasteiger partial charge in [0.1, 0.15) is 0 Å². The van der Waals surface area contributed by atoms with Crippen molar-refractivity contribution in [3.8, 4) is 0 Å². The molecule has 0 aromatic carbocycles. The minimum Gasteiger partial charge on any atom is -0.354 e. The smallest absolute Gasteiger partial charge is 0.0970 e. The summed E-state index contributed by atoms with van der Waals surface area (Å²) in [5.74, 6) is 0. The van der Waals surface area contributed by atoms with Crippen molar-refractivity contribution in [1.82, 2.24) is 5.32 Å². The summed E-state index contributed by atoms with van der Waals surface area (Å²) < 4.78 is 0. The minimum atomic E-state index is 0.675. The van der Waals surface area contributed by atoms with Gasteiger partial charge in [0.2, 0.25) is 0 Å². The SMILES string of the molecule is [NH3+]C1CCCNC1. The monoisotopic (exact) mass is 101 g/mol. The first kappa shape index (κ1) is 5.06. The number of hydrogen-bond donors (Lipinski definition) is 2. The molecule has 7 heavy (non-hydrogen) atoms. The molecule has 0 aromatic rings. The number of quaternary nitrogens is 1. The van der Waals surface area contributed by atoms with Gasteiger partial charge in [0.15, 0.2) is 0 Å². The molecule has 1 rings (SSSR count). The summed E-state index contributed by atoms with van der Waals surface area (Å²) in [4.78, 5) is 0. The van der Waals surface area contributed by atoms with E-state index in [0.29, 0.717) is 6.04 Å². The van der Waals surface area contributed by atoms with Gasteiger partial charge < -0.3 is 11.1 Å². The molecular formula is C5H13N2+.